The lowest BCUT2D eigenvalue weighted by Gasteiger charge is -2.16. The minimum Gasteiger partial charge on any atom is -0.309 e. The second-order valence-electron chi connectivity index (χ2n) is 12.9. The highest BCUT2D eigenvalue weighted by molar-refractivity contribution is 6.26. The van der Waals surface area contributed by atoms with E-state index in [1.54, 1.807) is 0 Å². The third-order valence-corrected chi connectivity index (χ3v) is 9.99. The lowest BCUT2D eigenvalue weighted by atomic mass is 10.0. The lowest BCUT2D eigenvalue weighted by molar-refractivity contribution is 1.15. The molecule has 0 unspecified atom stereocenters. The Labute approximate surface area is 299 Å². The van der Waals surface area contributed by atoms with Crippen molar-refractivity contribution in [2.24, 2.45) is 0 Å². The number of nitriles is 1. The van der Waals surface area contributed by atoms with E-state index in [4.69, 9.17) is 9.97 Å². The van der Waals surface area contributed by atoms with Crippen LogP contribution in [-0.2, 0) is 0 Å². The van der Waals surface area contributed by atoms with Gasteiger partial charge in [0.05, 0.1) is 50.8 Å². The average Bonchev–Trinajstić information content (AvgIpc) is 3.74. The molecule has 5 heteroatoms. The fourth-order valence-corrected chi connectivity index (χ4v) is 7.74. The molecule has 0 atom stereocenters. The molecule has 3 aromatic heterocycles. The number of benzene rings is 7. The number of hydrogen-bond donors (Lipinski definition) is 0. The summed E-state index contributed by atoms with van der Waals surface area (Å²) in [6, 6.07) is 63.1. The predicted molar refractivity (Wildman–Crippen MR) is 212 cm³/mol. The van der Waals surface area contributed by atoms with Crippen LogP contribution in [0, 0.1) is 11.3 Å². The highest BCUT2D eigenvalue weighted by atomic mass is 15.0. The van der Waals surface area contributed by atoms with Crippen LogP contribution in [0.1, 0.15) is 5.56 Å². The van der Waals surface area contributed by atoms with Crippen molar-refractivity contribution in [1.29, 1.82) is 5.26 Å². The summed E-state index contributed by atoms with van der Waals surface area (Å²) >= 11 is 0. The topological polar surface area (TPSA) is 59.4 Å². The van der Waals surface area contributed by atoms with E-state index in [-0.39, 0.29) is 0 Å². The Morgan fingerprint density at radius 2 is 1.08 bits per heavy atom. The van der Waals surface area contributed by atoms with Crippen molar-refractivity contribution >= 4 is 43.6 Å². The quantitative estimate of drug-likeness (QED) is 0.184. The predicted octanol–water partition coefficient (Wildman–Crippen LogP) is 11.5. The molecule has 0 amide bonds. The van der Waals surface area contributed by atoms with Gasteiger partial charge in [0.2, 0.25) is 0 Å². The van der Waals surface area contributed by atoms with Crippen molar-refractivity contribution in [2.45, 2.75) is 0 Å². The van der Waals surface area contributed by atoms with Gasteiger partial charge in [-0.1, -0.05) is 121 Å². The van der Waals surface area contributed by atoms with Gasteiger partial charge in [-0.3, -0.25) is 0 Å². The normalized spacial score (nSPS) is 11.4. The van der Waals surface area contributed by atoms with Crippen molar-refractivity contribution in [3.63, 3.8) is 0 Å². The zero-order chi connectivity index (χ0) is 34.6. The molecule has 10 aromatic rings. The molecule has 10 rings (SSSR count). The van der Waals surface area contributed by atoms with E-state index in [0.29, 0.717) is 17.0 Å². The van der Waals surface area contributed by atoms with Gasteiger partial charge < -0.3 is 9.13 Å². The second-order valence-corrected chi connectivity index (χ2v) is 12.9. The molecule has 0 spiro atoms. The van der Waals surface area contributed by atoms with Crippen molar-refractivity contribution in [3.8, 4) is 51.3 Å². The molecule has 242 valence electrons. The maximum absolute atomic E-state index is 10.0. The molecule has 7 aromatic carbocycles. The third-order valence-electron chi connectivity index (χ3n) is 9.99. The fourth-order valence-electron chi connectivity index (χ4n) is 7.74. The maximum Gasteiger partial charge on any atom is 0.161 e. The molecule has 0 N–H and O–H groups in total. The van der Waals surface area contributed by atoms with Crippen molar-refractivity contribution in [1.82, 2.24) is 19.1 Å². The summed E-state index contributed by atoms with van der Waals surface area (Å²) in [6.45, 7) is 0. The van der Waals surface area contributed by atoms with E-state index in [1.165, 1.54) is 21.5 Å². The van der Waals surface area contributed by atoms with E-state index in [9.17, 15) is 5.26 Å². The van der Waals surface area contributed by atoms with Crippen LogP contribution in [0.5, 0.6) is 0 Å². The van der Waals surface area contributed by atoms with Crippen LogP contribution in [0.4, 0.5) is 0 Å². The molecule has 0 aliphatic rings. The number of fused-ring (bicyclic) bond motifs is 7. The highest BCUT2D eigenvalue weighted by Crippen LogP contribution is 2.43. The number of para-hydroxylation sites is 4. The molecule has 0 radical (unpaired) electrons. The summed E-state index contributed by atoms with van der Waals surface area (Å²) in [5.74, 6) is 0.513. The average molecular weight is 664 g/mol. The third kappa shape index (κ3) is 4.56. The highest BCUT2D eigenvalue weighted by Gasteiger charge is 2.23. The SMILES string of the molecule is N#Cc1ccccc1-c1nc(-c2ccccc2)cc(-c2ccccc2-n2c3ccccc3c3ccc4c(c5ccccc5n4-c4ccccc4)c32)n1. The Balaban J connectivity index is 1.32. The van der Waals surface area contributed by atoms with Crippen LogP contribution < -0.4 is 0 Å². The summed E-state index contributed by atoms with van der Waals surface area (Å²) in [6.07, 6.45) is 0. The minimum absolute atomic E-state index is 0.513. The lowest BCUT2D eigenvalue weighted by Crippen LogP contribution is -2.01. The van der Waals surface area contributed by atoms with Gasteiger partial charge in [-0.2, -0.15) is 5.26 Å². The number of nitrogens with zero attached hydrogens (tertiary/aromatic N) is 5. The first-order valence-electron chi connectivity index (χ1n) is 17.3. The maximum atomic E-state index is 10.0. The Hall–Kier alpha value is -7.29. The van der Waals surface area contributed by atoms with Crippen LogP contribution in [-0.4, -0.2) is 19.1 Å². The van der Waals surface area contributed by atoms with Crippen LogP contribution >= 0.6 is 0 Å². The molecule has 0 saturated carbocycles. The molecule has 0 fully saturated rings. The minimum atomic E-state index is 0.513. The van der Waals surface area contributed by atoms with Gasteiger partial charge >= 0.3 is 0 Å². The van der Waals surface area contributed by atoms with E-state index < -0.39 is 0 Å². The van der Waals surface area contributed by atoms with Gasteiger partial charge in [0.25, 0.3) is 0 Å². The number of hydrogen-bond acceptors (Lipinski definition) is 3. The zero-order valence-electron chi connectivity index (χ0n) is 28.0. The van der Waals surface area contributed by atoms with Gasteiger partial charge in [-0.25, -0.2) is 9.97 Å². The molecule has 52 heavy (non-hydrogen) atoms. The van der Waals surface area contributed by atoms with Crippen LogP contribution in [0.25, 0.3) is 88.9 Å². The van der Waals surface area contributed by atoms with Crippen molar-refractivity contribution < 1.29 is 0 Å². The summed E-state index contributed by atoms with van der Waals surface area (Å²) in [4.78, 5) is 10.3. The summed E-state index contributed by atoms with van der Waals surface area (Å²) in [5.41, 5.74) is 11.4. The summed E-state index contributed by atoms with van der Waals surface area (Å²) in [5, 5.41) is 14.8. The largest absolute Gasteiger partial charge is 0.309 e. The van der Waals surface area contributed by atoms with Gasteiger partial charge in [-0.15, -0.1) is 0 Å². The van der Waals surface area contributed by atoms with Gasteiger partial charge in [0, 0.05) is 43.9 Å². The Bertz CT molecular complexity index is 3020. The molecule has 0 aliphatic carbocycles. The first-order chi connectivity index (χ1) is 25.8. The Kier molecular flexibility index (Phi) is 6.80. The monoisotopic (exact) mass is 663 g/mol. The Morgan fingerprint density at radius 3 is 1.87 bits per heavy atom. The standard InChI is InChI=1S/C47H29N5/c48-30-32-17-7-8-20-34(32)47-49-39(31-15-3-1-4-16-31)29-40(50-47)37-22-10-13-25-42(37)52-41-24-12-9-21-35(41)36-27-28-44-45(46(36)52)38-23-11-14-26-43(38)51(44)33-18-5-2-6-19-33/h1-29H. The van der Waals surface area contributed by atoms with E-state index in [1.807, 2.05) is 42.5 Å². The van der Waals surface area contributed by atoms with Crippen LogP contribution in [0.3, 0.4) is 0 Å². The van der Waals surface area contributed by atoms with Gasteiger partial charge in [0.15, 0.2) is 5.82 Å². The smallest absolute Gasteiger partial charge is 0.161 e. The summed E-state index contributed by atoms with van der Waals surface area (Å²) < 4.78 is 4.78. The van der Waals surface area contributed by atoms with Crippen LogP contribution in [0.2, 0.25) is 0 Å². The number of rotatable bonds is 5. The van der Waals surface area contributed by atoms with Gasteiger partial charge in [-0.05, 0) is 54.6 Å². The molecular weight excluding hydrogens is 635 g/mol. The molecule has 0 aliphatic heterocycles. The first-order valence-corrected chi connectivity index (χ1v) is 17.3. The zero-order valence-corrected chi connectivity index (χ0v) is 28.0. The van der Waals surface area contributed by atoms with E-state index in [0.717, 1.165) is 56.0 Å². The van der Waals surface area contributed by atoms with E-state index in [2.05, 4.69) is 149 Å². The Morgan fingerprint density at radius 1 is 0.462 bits per heavy atom. The van der Waals surface area contributed by atoms with Crippen molar-refractivity contribution in [3.05, 3.63) is 181 Å². The van der Waals surface area contributed by atoms with Crippen molar-refractivity contribution in [2.75, 3.05) is 0 Å². The molecule has 5 nitrogen and oxygen atoms in total. The fraction of sp³-hybridized carbons (Fsp3) is 0. The van der Waals surface area contributed by atoms with Gasteiger partial charge in [0.1, 0.15) is 0 Å². The van der Waals surface area contributed by atoms with Crippen LogP contribution in [0.15, 0.2) is 176 Å². The number of aromatic nitrogens is 4. The second kappa shape index (κ2) is 11.9. The molecular formula is C47H29N5. The molecule has 3 heterocycles. The first kappa shape index (κ1) is 29.6. The molecule has 0 saturated heterocycles. The molecule has 0 bridgehead atoms. The summed E-state index contributed by atoms with van der Waals surface area (Å²) in [7, 11) is 0. The van der Waals surface area contributed by atoms with E-state index >= 15 is 0 Å².